The van der Waals surface area contributed by atoms with Gasteiger partial charge in [-0.2, -0.15) is 0 Å². The lowest BCUT2D eigenvalue weighted by Gasteiger charge is -2.44. The second kappa shape index (κ2) is 13.2. The van der Waals surface area contributed by atoms with Crippen molar-refractivity contribution in [2.45, 2.75) is 110 Å². The van der Waals surface area contributed by atoms with E-state index in [4.69, 9.17) is 20.3 Å². The highest BCUT2D eigenvalue weighted by molar-refractivity contribution is 6.74. The second-order valence-corrected chi connectivity index (χ2v) is 18.8. The van der Waals surface area contributed by atoms with Crippen molar-refractivity contribution in [2.24, 2.45) is 23.7 Å². The van der Waals surface area contributed by atoms with Gasteiger partial charge in [0, 0.05) is 24.4 Å². The molecule has 0 saturated carbocycles. The van der Waals surface area contributed by atoms with Crippen molar-refractivity contribution in [1.82, 2.24) is 5.32 Å². The Kier molecular flexibility index (Phi) is 10.1. The van der Waals surface area contributed by atoms with Crippen LogP contribution in [-0.4, -0.2) is 38.7 Å². The molecule has 1 amide bonds. The van der Waals surface area contributed by atoms with E-state index in [9.17, 15) is 9.59 Å². The molecule has 1 aliphatic heterocycles. The molecule has 1 N–H and O–H groups in total. The monoisotopic (exact) mass is 591 g/mol. The van der Waals surface area contributed by atoms with Crippen molar-refractivity contribution in [3.8, 4) is 12.3 Å². The van der Waals surface area contributed by atoms with Crippen LogP contribution in [0.25, 0.3) is 0 Å². The molecule has 7 atom stereocenters. The van der Waals surface area contributed by atoms with E-state index in [0.717, 1.165) is 36.8 Å². The lowest BCUT2D eigenvalue weighted by Crippen LogP contribution is -2.47. The van der Waals surface area contributed by atoms with Gasteiger partial charge in [0.1, 0.15) is 12.2 Å². The first-order chi connectivity index (χ1) is 19.8. The summed E-state index contributed by atoms with van der Waals surface area (Å²) in [5.41, 5.74) is 3.02. The number of allylic oxidation sites excluding steroid dienone is 3. The van der Waals surface area contributed by atoms with Crippen LogP contribution in [0, 0.1) is 36.0 Å². The molecule has 1 saturated heterocycles. The Bertz CT molecular complexity index is 1220. The van der Waals surface area contributed by atoms with E-state index < -0.39 is 14.4 Å². The molecule has 2 aliphatic carbocycles. The van der Waals surface area contributed by atoms with E-state index in [1.165, 1.54) is 5.57 Å². The fourth-order valence-corrected chi connectivity index (χ4v) is 7.74. The molecule has 7 heteroatoms. The zero-order valence-electron chi connectivity index (χ0n) is 26.4. The number of cyclic esters (lactones) is 1. The fourth-order valence-electron chi connectivity index (χ4n) is 6.38. The first-order valence-electron chi connectivity index (χ1n) is 15.5. The van der Waals surface area contributed by atoms with E-state index in [2.05, 4.69) is 77.2 Å². The average molecular weight is 592 g/mol. The molecular formula is C35H49NO5Si. The minimum absolute atomic E-state index is 0.0858. The lowest BCUT2D eigenvalue weighted by atomic mass is 9.65. The van der Waals surface area contributed by atoms with Gasteiger partial charge in [-0.1, -0.05) is 70.9 Å². The Labute approximate surface area is 253 Å². The largest absolute Gasteiger partial charge is 0.462 e. The molecule has 228 valence electrons. The number of rotatable bonds is 8. The van der Waals surface area contributed by atoms with E-state index in [0.29, 0.717) is 24.8 Å². The summed E-state index contributed by atoms with van der Waals surface area (Å²) in [5, 5.41) is 3.01. The molecule has 1 heterocycles. The topological polar surface area (TPSA) is 73.9 Å². The number of esters is 1. The van der Waals surface area contributed by atoms with Gasteiger partial charge in [-0.15, -0.1) is 6.42 Å². The maximum absolute atomic E-state index is 13.0. The number of terminal acetylenes is 1. The van der Waals surface area contributed by atoms with Gasteiger partial charge in [0.05, 0.1) is 12.5 Å². The van der Waals surface area contributed by atoms with Gasteiger partial charge < -0.3 is 19.2 Å². The molecule has 1 aromatic carbocycles. The van der Waals surface area contributed by atoms with Gasteiger partial charge in [-0.3, -0.25) is 4.79 Å². The minimum atomic E-state index is -1.99. The average Bonchev–Trinajstić information content (AvgIpc) is 2.90. The van der Waals surface area contributed by atoms with Crippen LogP contribution in [0.1, 0.15) is 77.8 Å². The summed E-state index contributed by atoms with van der Waals surface area (Å²) in [4.78, 5) is 25.6. The summed E-state index contributed by atoms with van der Waals surface area (Å²) >= 11 is 0. The summed E-state index contributed by atoms with van der Waals surface area (Å²) in [6.07, 6.45) is 14.9. The summed E-state index contributed by atoms with van der Waals surface area (Å²) in [6.45, 7) is 15.9. The predicted octanol–water partition coefficient (Wildman–Crippen LogP) is 7.54. The Morgan fingerprint density at radius 1 is 1.14 bits per heavy atom. The van der Waals surface area contributed by atoms with Gasteiger partial charge in [-0.05, 0) is 78.4 Å². The normalized spacial score (nSPS) is 29.5. The van der Waals surface area contributed by atoms with Gasteiger partial charge >= 0.3 is 12.1 Å². The van der Waals surface area contributed by atoms with Crippen molar-refractivity contribution < 1.29 is 23.5 Å². The van der Waals surface area contributed by atoms with E-state index in [-0.39, 0.29) is 41.2 Å². The zero-order chi connectivity index (χ0) is 30.7. The number of amides is 1. The smallest absolute Gasteiger partial charge is 0.407 e. The molecule has 1 fully saturated rings. The van der Waals surface area contributed by atoms with Crippen LogP contribution < -0.4 is 5.32 Å². The molecule has 4 rings (SSSR count). The van der Waals surface area contributed by atoms with Crippen LogP contribution in [0.5, 0.6) is 0 Å². The fraction of sp³-hybridized carbons (Fsp3) is 0.600. The highest BCUT2D eigenvalue weighted by Gasteiger charge is 2.44. The van der Waals surface area contributed by atoms with Crippen molar-refractivity contribution in [3.63, 3.8) is 0 Å². The molecule has 0 radical (unpaired) electrons. The van der Waals surface area contributed by atoms with Gasteiger partial charge in [-0.25, -0.2) is 4.79 Å². The lowest BCUT2D eigenvalue weighted by molar-refractivity contribution is -0.160. The van der Waals surface area contributed by atoms with Crippen molar-refractivity contribution in [1.29, 1.82) is 0 Å². The van der Waals surface area contributed by atoms with E-state index in [1.54, 1.807) is 0 Å². The Balaban J connectivity index is 1.40. The summed E-state index contributed by atoms with van der Waals surface area (Å²) in [5.74, 6) is 3.48. The molecule has 0 bridgehead atoms. The summed E-state index contributed by atoms with van der Waals surface area (Å²) in [6, 6.07) is 7.58. The van der Waals surface area contributed by atoms with Gasteiger partial charge in [0.25, 0.3) is 0 Å². The highest BCUT2D eigenvalue weighted by Crippen LogP contribution is 2.45. The number of nitrogens with one attached hydrogen (secondary N) is 1. The van der Waals surface area contributed by atoms with Crippen LogP contribution >= 0.6 is 0 Å². The number of alkyl carbamates (subject to hydrolysis) is 1. The Hall–Kier alpha value is -2.82. The third-order valence-electron chi connectivity index (χ3n) is 9.72. The van der Waals surface area contributed by atoms with Crippen LogP contribution in [-0.2, 0) is 25.2 Å². The van der Waals surface area contributed by atoms with Crippen molar-refractivity contribution >= 4 is 20.4 Å². The maximum Gasteiger partial charge on any atom is 0.407 e. The van der Waals surface area contributed by atoms with Crippen LogP contribution in [0.2, 0.25) is 18.1 Å². The zero-order valence-corrected chi connectivity index (χ0v) is 27.4. The van der Waals surface area contributed by atoms with Crippen LogP contribution in [0.15, 0.2) is 48.1 Å². The third kappa shape index (κ3) is 7.96. The predicted molar refractivity (Wildman–Crippen MR) is 169 cm³/mol. The van der Waals surface area contributed by atoms with Crippen LogP contribution in [0.3, 0.4) is 0 Å². The first kappa shape index (κ1) is 32.1. The molecule has 3 aliphatic rings. The highest BCUT2D eigenvalue weighted by atomic mass is 28.4. The maximum atomic E-state index is 13.0. The van der Waals surface area contributed by atoms with Gasteiger partial charge in [0.15, 0.2) is 8.32 Å². The molecule has 1 aromatic rings. The second-order valence-electron chi connectivity index (χ2n) is 14.1. The minimum Gasteiger partial charge on any atom is -0.462 e. The quantitative estimate of drug-likeness (QED) is 0.192. The third-order valence-corrected chi connectivity index (χ3v) is 14.3. The Morgan fingerprint density at radius 3 is 2.52 bits per heavy atom. The molecule has 6 nitrogen and oxygen atoms in total. The molecule has 0 unspecified atom stereocenters. The molecule has 0 spiro atoms. The number of carbonyl (C=O) groups is 2. The number of hydrogen-bond acceptors (Lipinski definition) is 5. The number of ether oxygens (including phenoxy) is 2. The number of fused-ring (bicyclic) bond motifs is 1. The number of hydrogen-bond donors (Lipinski definition) is 1. The first-order valence-corrected chi connectivity index (χ1v) is 18.4. The molecule has 42 heavy (non-hydrogen) atoms. The van der Waals surface area contributed by atoms with E-state index >= 15 is 0 Å². The molecule has 0 aromatic heterocycles. The Morgan fingerprint density at radius 2 is 1.86 bits per heavy atom. The number of carbonyl (C=O) groups excluding carboxylic acids is 2. The van der Waals surface area contributed by atoms with Crippen molar-refractivity contribution in [2.75, 3.05) is 0 Å². The standard InChI is InChI=1S/C35H49NO5Si/c1-9-25-11-13-26(14-12-25)22-36-34(38)40-31-19-23(2)18-27-15-10-24(3)30(33(27)31)17-16-28-20-29(21-32(37)39-28)41-42(7,8)35(4,5)6/h1,10-15,18,23-24,28-31,33H,16-17,19-22H2,2-8H3,(H,36,38)/t23-,24+,28+,29+,30-,31-,33-/m0/s1. The van der Waals surface area contributed by atoms with Crippen molar-refractivity contribution in [3.05, 3.63) is 59.2 Å². The van der Waals surface area contributed by atoms with Gasteiger partial charge in [0.2, 0.25) is 0 Å². The molecular weight excluding hydrogens is 542 g/mol. The summed E-state index contributed by atoms with van der Waals surface area (Å²) < 4.78 is 18.6. The SMILES string of the molecule is C#Cc1ccc(CNC(=O)O[C@H]2C[C@@H](C)C=C3C=C[C@@H](C)[C@H](CC[C@@H]4C[C@@H](O[Si](C)(C)C(C)(C)C)CC(=O)O4)[C@H]32)cc1. The van der Waals surface area contributed by atoms with E-state index in [1.807, 2.05) is 24.3 Å². The summed E-state index contributed by atoms with van der Waals surface area (Å²) in [7, 11) is -1.99. The number of benzene rings is 1. The van der Waals surface area contributed by atoms with Crippen LogP contribution in [0.4, 0.5) is 4.79 Å².